The molecule has 4 nitrogen and oxygen atoms in total. The van der Waals surface area contributed by atoms with Crippen molar-refractivity contribution in [1.29, 1.82) is 0 Å². The van der Waals surface area contributed by atoms with Crippen LogP contribution in [0.2, 0.25) is 0 Å². The molecule has 1 aromatic heterocycles. The summed E-state index contributed by atoms with van der Waals surface area (Å²) in [5, 5.41) is 2.70. The predicted octanol–water partition coefficient (Wildman–Crippen LogP) is 1.85. The molecule has 0 bridgehead atoms. The van der Waals surface area contributed by atoms with E-state index in [0.29, 0.717) is 5.82 Å². The smallest absolute Gasteiger partial charge is 0.392 e. The van der Waals surface area contributed by atoms with E-state index in [0.717, 1.165) is 0 Å². The molecular formula is C8H10F3N3O. The van der Waals surface area contributed by atoms with E-state index in [1.165, 1.54) is 12.4 Å². The van der Waals surface area contributed by atoms with Crippen molar-refractivity contribution in [2.75, 3.05) is 19.0 Å². The fourth-order valence-electron chi connectivity index (χ4n) is 0.809. The Bertz CT molecular complexity index is 316. The number of nitrogens with zero attached hydrogens (tertiary/aromatic N) is 2. The first-order chi connectivity index (χ1) is 7.01. The van der Waals surface area contributed by atoms with Crippen LogP contribution in [0.3, 0.4) is 0 Å². The first-order valence-electron chi connectivity index (χ1n) is 4.20. The maximum Gasteiger partial charge on any atom is 0.392 e. The summed E-state index contributed by atoms with van der Waals surface area (Å²) in [6, 6.07) is 0. The minimum absolute atomic E-state index is 0.0751. The number of halogens is 3. The van der Waals surface area contributed by atoms with Gasteiger partial charge in [0, 0.05) is 7.05 Å². The predicted molar refractivity (Wildman–Crippen MR) is 47.7 cm³/mol. The Morgan fingerprint density at radius 3 is 2.73 bits per heavy atom. The summed E-state index contributed by atoms with van der Waals surface area (Å²) >= 11 is 0. The topological polar surface area (TPSA) is 47.0 Å². The van der Waals surface area contributed by atoms with Crippen LogP contribution in [0.5, 0.6) is 5.88 Å². The van der Waals surface area contributed by atoms with Gasteiger partial charge < -0.3 is 10.1 Å². The van der Waals surface area contributed by atoms with Crippen molar-refractivity contribution in [2.24, 2.45) is 0 Å². The van der Waals surface area contributed by atoms with Gasteiger partial charge in [-0.05, 0) is 0 Å². The molecule has 1 aromatic rings. The van der Waals surface area contributed by atoms with Gasteiger partial charge in [-0.1, -0.05) is 0 Å². The molecule has 1 heterocycles. The Labute approximate surface area is 84.5 Å². The fraction of sp³-hybridized carbons (Fsp3) is 0.500. The lowest BCUT2D eigenvalue weighted by Crippen LogP contribution is -2.13. The van der Waals surface area contributed by atoms with Crippen molar-refractivity contribution >= 4 is 5.82 Å². The van der Waals surface area contributed by atoms with E-state index in [4.69, 9.17) is 4.74 Å². The van der Waals surface area contributed by atoms with Crippen LogP contribution in [0.1, 0.15) is 6.42 Å². The zero-order valence-corrected chi connectivity index (χ0v) is 8.01. The van der Waals surface area contributed by atoms with Gasteiger partial charge in [-0.3, -0.25) is 4.98 Å². The highest BCUT2D eigenvalue weighted by molar-refractivity contribution is 5.31. The SMILES string of the molecule is CNc1cncc(OCCC(F)(F)F)n1. The van der Waals surface area contributed by atoms with Crippen molar-refractivity contribution in [1.82, 2.24) is 9.97 Å². The highest BCUT2D eigenvalue weighted by Gasteiger charge is 2.26. The second kappa shape index (κ2) is 4.81. The first kappa shape index (κ1) is 11.5. The van der Waals surface area contributed by atoms with Crippen LogP contribution < -0.4 is 10.1 Å². The minimum Gasteiger partial charge on any atom is -0.476 e. The quantitative estimate of drug-likeness (QED) is 0.842. The van der Waals surface area contributed by atoms with Crippen LogP contribution >= 0.6 is 0 Å². The van der Waals surface area contributed by atoms with Crippen molar-refractivity contribution in [3.8, 4) is 5.88 Å². The molecule has 1 N–H and O–H groups in total. The number of alkyl halides is 3. The molecule has 0 aliphatic heterocycles. The molecule has 1 rings (SSSR count). The van der Waals surface area contributed by atoms with E-state index in [-0.39, 0.29) is 5.88 Å². The Morgan fingerprint density at radius 1 is 1.40 bits per heavy atom. The summed E-state index contributed by atoms with van der Waals surface area (Å²) in [6.07, 6.45) is -2.51. The highest BCUT2D eigenvalue weighted by Crippen LogP contribution is 2.19. The lowest BCUT2D eigenvalue weighted by atomic mass is 10.4. The van der Waals surface area contributed by atoms with Crippen molar-refractivity contribution in [3.63, 3.8) is 0 Å². The van der Waals surface area contributed by atoms with E-state index in [1.807, 2.05) is 0 Å². The zero-order valence-electron chi connectivity index (χ0n) is 8.01. The van der Waals surface area contributed by atoms with Crippen LogP contribution in [-0.2, 0) is 0 Å². The number of ether oxygens (including phenoxy) is 1. The summed E-state index contributed by atoms with van der Waals surface area (Å²) in [4.78, 5) is 7.59. The lowest BCUT2D eigenvalue weighted by Gasteiger charge is -2.08. The third kappa shape index (κ3) is 4.48. The van der Waals surface area contributed by atoms with Crippen molar-refractivity contribution in [2.45, 2.75) is 12.6 Å². The highest BCUT2D eigenvalue weighted by atomic mass is 19.4. The average molecular weight is 221 g/mol. The number of hydrogen-bond donors (Lipinski definition) is 1. The maximum absolute atomic E-state index is 11.8. The molecule has 0 spiro atoms. The van der Waals surface area contributed by atoms with Crippen LogP contribution in [0, 0.1) is 0 Å². The Kier molecular flexibility index (Phi) is 3.70. The molecule has 0 unspecified atom stereocenters. The van der Waals surface area contributed by atoms with E-state index in [1.54, 1.807) is 7.05 Å². The third-order valence-corrected chi connectivity index (χ3v) is 1.50. The van der Waals surface area contributed by atoms with Crippen LogP contribution in [0.15, 0.2) is 12.4 Å². The first-order valence-corrected chi connectivity index (χ1v) is 4.20. The molecule has 0 saturated heterocycles. The second-order valence-corrected chi connectivity index (χ2v) is 2.71. The molecule has 84 valence electrons. The number of anilines is 1. The van der Waals surface area contributed by atoms with E-state index in [2.05, 4.69) is 15.3 Å². The van der Waals surface area contributed by atoms with E-state index >= 15 is 0 Å². The van der Waals surface area contributed by atoms with Gasteiger partial charge in [-0.2, -0.15) is 18.2 Å². The minimum atomic E-state index is -4.21. The lowest BCUT2D eigenvalue weighted by molar-refractivity contribution is -0.139. The molecule has 0 fully saturated rings. The fourth-order valence-corrected chi connectivity index (χ4v) is 0.809. The molecule has 0 amide bonds. The molecule has 0 aliphatic rings. The zero-order chi connectivity index (χ0) is 11.3. The van der Waals surface area contributed by atoms with Crippen LogP contribution in [0.25, 0.3) is 0 Å². The van der Waals surface area contributed by atoms with Gasteiger partial charge in [0.05, 0.1) is 25.4 Å². The van der Waals surface area contributed by atoms with Crippen molar-refractivity contribution in [3.05, 3.63) is 12.4 Å². The van der Waals surface area contributed by atoms with Gasteiger partial charge in [-0.25, -0.2) is 0 Å². The van der Waals surface area contributed by atoms with Crippen LogP contribution in [0.4, 0.5) is 19.0 Å². The maximum atomic E-state index is 11.8. The molecule has 0 radical (unpaired) electrons. The van der Waals surface area contributed by atoms with Crippen LogP contribution in [-0.4, -0.2) is 29.8 Å². The Morgan fingerprint density at radius 2 is 2.13 bits per heavy atom. The van der Waals surface area contributed by atoms with Gasteiger partial charge in [0.15, 0.2) is 0 Å². The molecular weight excluding hydrogens is 211 g/mol. The summed E-state index contributed by atoms with van der Waals surface area (Å²) in [5.74, 6) is 0.519. The van der Waals surface area contributed by atoms with Crippen molar-refractivity contribution < 1.29 is 17.9 Å². The second-order valence-electron chi connectivity index (χ2n) is 2.71. The normalized spacial score (nSPS) is 11.2. The van der Waals surface area contributed by atoms with E-state index < -0.39 is 19.2 Å². The standard InChI is InChI=1S/C8H10F3N3O/c1-12-6-4-13-5-7(14-6)15-3-2-8(9,10)11/h4-5H,2-3H2,1H3,(H,12,14). The molecule has 0 atom stereocenters. The molecule has 15 heavy (non-hydrogen) atoms. The molecule has 7 heteroatoms. The number of hydrogen-bond acceptors (Lipinski definition) is 4. The largest absolute Gasteiger partial charge is 0.476 e. The molecule has 0 aliphatic carbocycles. The monoisotopic (exact) mass is 221 g/mol. The summed E-state index contributed by atoms with van der Waals surface area (Å²) in [7, 11) is 1.63. The summed E-state index contributed by atoms with van der Waals surface area (Å²) in [5.41, 5.74) is 0. The Balaban J connectivity index is 2.44. The summed E-state index contributed by atoms with van der Waals surface area (Å²) in [6.45, 7) is -0.453. The van der Waals surface area contributed by atoms with Gasteiger partial charge in [0.2, 0.25) is 5.88 Å². The molecule has 0 saturated carbocycles. The van der Waals surface area contributed by atoms with Gasteiger partial charge in [0.1, 0.15) is 5.82 Å². The van der Waals surface area contributed by atoms with Gasteiger partial charge in [-0.15, -0.1) is 0 Å². The molecule has 0 aromatic carbocycles. The average Bonchev–Trinajstić information content (AvgIpc) is 2.16. The Hall–Kier alpha value is -1.53. The third-order valence-electron chi connectivity index (χ3n) is 1.50. The van der Waals surface area contributed by atoms with E-state index in [9.17, 15) is 13.2 Å². The summed E-state index contributed by atoms with van der Waals surface area (Å²) < 4.78 is 40.1. The number of rotatable bonds is 4. The number of nitrogens with one attached hydrogen (secondary N) is 1. The van der Waals surface area contributed by atoms with Gasteiger partial charge >= 0.3 is 6.18 Å². The number of aromatic nitrogens is 2. The van der Waals surface area contributed by atoms with Gasteiger partial charge in [0.25, 0.3) is 0 Å².